The van der Waals surface area contributed by atoms with Crippen molar-refractivity contribution in [2.24, 2.45) is 0 Å². The molecule has 2 N–H and O–H groups in total. The second kappa shape index (κ2) is 8.48. The Balaban J connectivity index is 1.45. The summed E-state index contributed by atoms with van der Waals surface area (Å²) in [5.74, 6) is -0.555. The third-order valence-corrected chi connectivity index (χ3v) is 5.71. The van der Waals surface area contributed by atoms with E-state index < -0.39 is 17.6 Å². The molecule has 1 amide bonds. The summed E-state index contributed by atoms with van der Waals surface area (Å²) in [6.07, 6.45) is 4.12. The number of ether oxygens (including phenoxy) is 2. The van der Waals surface area contributed by atoms with E-state index in [2.05, 4.69) is 5.32 Å². The Kier molecular flexibility index (Phi) is 5.77. The van der Waals surface area contributed by atoms with E-state index >= 15 is 0 Å². The molecule has 4 rings (SSSR count). The number of carboxylic acid groups (broad SMARTS) is 1. The molecule has 0 bridgehead atoms. The molecule has 158 valence electrons. The van der Waals surface area contributed by atoms with Crippen LogP contribution in [0.3, 0.4) is 0 Å². The summed E-state index contributed by atoms with van der Waals surface area (Å²) in [7, 11) is 0. The minimum absolute atomic E-state index is 0.206. The molecule has 2 aliphatic rings. The number of hydrogen-bond donors (Lipinski definition) is 2. The monoisotopic (exact) mass is 409 g/mol. The quantitative estimate of drug-likeness (QED) is 0.696. The van der Waals surface area contributed by atoms with Gasteiger partial charge in [0, 0.05) is 18.6 Å². The number of hydrogen-bond acceptors (Lipinski definition) is 4. The van der Waals surface area contributed by atoms with Crippen molar-refractivity contribution in [1.82, 2.24) is 5.32 Å². The van der Waals surface area contributed by atoms with Crippen molar-refractivity contribution in [3.63, 3.8) is 0 Å². The lowest BCUT2D eigenvalue weighted by Gasteiger charge is -2.24. The van der Waals surface area contributed by atoms with E-state index in [0.29, 0.717) is 19.1 Å². The first kappa shape index (κ1) is 20.4. The maximum absolute atomic E-state index is 12.5. The van der Waals surface area contributed by atoms with Crippen molar-refractivity contribution < 1.29 is 24.2 Å². The Bertz CT molecular complexity index is 913. The maximum atomic E-state index is 12.5. The van der Waals surface area contributed by atoms with Crippen LogP contribution in [0, 0.1) is 0 Å². The molecule has 6 nitrogen and oxygen atoms in total. The summed E-state index contributed by atoms with van der Waals surface area (Å²) in [5.41, 5.74) is 1.93. The Hall–Kier alpha value is -2.86. The predicted molar refractivity (Wildman–Crippen MR) is 112 cm³/mol. The van der Waals surface area contributed by atoms with Crippen molar-refractivity contribution in [1.29, 1.82) is 0 Å². The van der Waals surface area contributed by atoms with Gasteiger partial charge in [-0.1, -0.05) is 42.5 Å². The fraction of sp³-hybridized carbons (Fsp3) is 0.417. The van der Waals surface area contributed by atoms with Crippen LogP contribution in [0.15, 0.2) is 48.5 Å². The number of carboxylic acids is 1. The highest BCUT2D eigenvalue weighted by atomic mass is 16.5. The molecule has 1 unspecified atom stereocenters. The minimum Gasteiger partial charge on any atom is -0.490 e. The number of carbonyl (C=O) groups excluding carboxylic acids is 1. The lowest BCUT2D eigenvalue weighted by Crippen LogP contribution is -2.51. The lowest BCUT2D eigenvalue weighted by atomic mass is 9.98. The van der Waals surface area contributed by atoms with E-state index in [9.17, 15) is 14.7 Å². The van der Waals surface area contributed by atoms with Gasteiger partial charge in [0.1, 0.15) is 17.4 Å². The van der Waals surface area contributed by atoms with Gasteiger partial charge in [-0.2, -0.15) is 0 Å². The van der Waals surface area contributed by atoms with Gasteiger partial charge in [-0.15, -0.1) is 0 Å². The van der Waals surface area contributed by atoms with Crippen LogP contribution in [0.5, 0.6) is 5.75 Å². The predicted octanol–water partition coefficient (Wildman–Crippen LogP) is 3.58. The summed E-state index contributed by atoms with van der Waals surface area (Å²) in [6, 6.07) is 14.7. The Morgan fingerprint density at radius 2 is 1.93 bits per heavy atom. The van der Waals surface area contributed by atoms with Crippen LogP contribution in [0.1, 0.15) is 38.2 Å². The number of carbonyl (C=O) groups is 2. The van der Waals surface area contributed by atoms with Crippen molar-refractivity contribution in [3.05, 3.63) is 54.1 Å². The van der Waals surface area contributed by atoms with Gasteiger partial charge in [-0.25, -0.2) is 4.79 Å². The van der Waals surface area contributed by atoms with Crippen LogP contribution >= 0.6 is 0 Å². The number of rotatable bonds is 8. The molecule has 2 atom stereocenters. The molecule has 2 fully saturated rings. The standard InChI is InChI=1S/C24H27NO5/c1-24(13-4-14-29-24)23(28)25-20(22(26)27)15-16-7-9-17(10-8-16)19-5-2-3-6-21(19)30-18-11-12-18/h2-3,5-10,18,20H,4,11-15H2,1H3,(H,25,28)(H,26,27)/t20-,24?/m0/s1. The van der Waals surface area contributed by atoms with E-state index in [4.69, 9.17) is 9.47 Å². The van der Waals surface area contributed by atoms with Gasteiger partial charge in [-0.05, 0) is 49.8 Å². The third-order valence-electron chi connectivity index (χ3n) is 5.71. The molecule has 0 radical (unpaired) electrons. The van der Waals surface area contributed by atoms with E-state index in [1.54, 1.807) is 6.92 Å². The van der Waals surface area contributed by atoms with Crippen LogP contribution in [0.4, 0.5) is 0 Å². The first-order chi connectivity index (χ1) is 14.4. The average Bonchev–Trinajstić information content (AvgIpc) is 3.45. The number of para-hydroxylation sites is 1. The van der Waals surface area contributed by atoms with Crippen molar-refractivity contribution in [2.45, 2.75) is 56.8 Å². The molecular formula is C24H27NO5. The zero-order valence-electron chi connectivity index (χ0n) is 17.1. The summed E-state index contributed by atoms with van der Waals surface area (Å²) in [4.78, 5) is 24.3. The normalized spacial score (nSPS) is 21.8. The van der Waals surface area contributed by atoms with Gasteiger partial charge < -0.3 is 19.9 Å². The molecule has 2 aromatic rings. The molecule has 1 saturated heterocycles. The van der Waals surface area contributed by atoms with Gasteiger partial charge in [0.05, 0.1) is 6.10 Å². The lowest BCUT2D eigenvalue weighted by molar-refractivity contribution is -0.147. The smallest absolute Gasteiger partial charge is 0.326 e. The zero-order chi connectivity index (χ0) is 21.1. The molecule has 1 saturated carbocycles. The summed E-state index contributed by atoms with van der Waals surface area (Å²) < 4.78 is 11.5. The van der Waals surface area contributed by atoms with E-state index in [1.165, 1.54) is 0 Å². The first-order valence-electron chi connectivity index (χ1n) is 10.5. The molecule has 2 aromatic carbocycles. The topological polar surface area (TPSA) is 84.9 Å². The second-order valence-corrected chi connectivity index (χ2v) is 8.26. The van der Waals surface area contributed by atoms with Crippen LogP contribution in [0.2, 0.25) is 0 Å². The van der Waals surface area contributed by atoms with E-state index in [-0.39, 0.29) is 12.3 Å². The third kappa shape index (κ3) is 4.65. The highest BCUT2D eigenvalue weighted by Gasteiger charge is 2.39. The van der Waals surface area contributed by atoms with Gasteiger partial charge >= 0.3 is 5.97 Å². The largest absolute Gasteiger partial charge is 0.490 e. The number of benzene rings is 2. The summed E-state index contributed by atoms with van der Waals surface area (Å²) >= 11 is 0. The van der Waals surface area contributed by atoms with Crippen molar-refractivity contribution in [3.8, 4) is 16.9 Å². The Morgan fingerprint density at radius 3 is 2.57 bits per heavy atom. The maximum Gasteiger partial charge on any atom is 0.326 e. The van der Waals surface area contributed by atoms with E-state index in [1.807, 2.05) is 48.5 Å². The minimum atomic E-state index is -1.06. The summed E-state index contributed by atoms with van der Waals surface area (Å²) in [6.45, 7) is 2.24. The Labute approximate surface area is 176 Å². The average molecular weight is 409 g/mol. The van der Waals surface area contributed by atoms with Gasteiger partial charge in [0.25, 0.3) is 5.91 Å². The second-order valence-electron chi connectivity index (χ2n) is 8.26. The molecular weight excluding hydrogens is 382 g/mol. The SMILES string of the molecule is CC1(C(=O)N[C@@H](Cc2ccc(-c3ccccc3OC3CC3)cc2)C(=O)O)CCCO1. The van der Waals surface area contributed by atoms with Crippen molar-refractivity contribution in [2.75, 3.05) is 6.61 Å². The van der Waals surface area contributed by atoms with Crippen molar-refractivity contribution >= 4 is 11.9 Å². The zero-order valence-corrected chi connectivity index (χ0v) is 17.1. The molecule has 0 spiro atoms. The van der Waals surface area contributed by atoms with Crippen LogP contribution in [-0.4, -0.2) is 41.3 Å². The molecule has 1 aliphatic heterocycles. The number of nitrogens with one attached hydrogen (secondary N) is 1. The molecule has 0 aromatic heterocycles. The molecule has 1 heterocycles. The van der Waals surface area contributed by atoms with Gasteiger partial charge in [-0.3, -0.25) is 4.79 Å². The number of aliphatic carboxylic acids is 1. The van der Waals surface area contributed by atoms with Crippen LogP contribution in [0.25, 0.3) is 11.1 Å². The highest BCUT2D eigenvalue weighted by Crippen LogP contribution is 2.34. The highest BCUT2D eigenvalue weighted by molar-refractivity contribution is 5.89. The Morgan fingerprint density at radius 1 is 1.20 bits per heavy atom. The van der Waals surface area contributed by atoms with Gasteiger partial charge in [0.2, 0.25) is 0 Å². The fourth-order valence-corrected chi connectivity index (χ4v) is 3.70. The number of amides is 1. The first-order valence-corrected chi connectivity index (χ1v) is 10.5. The molecule has 30 heavy (non-hydrogen) atoms. The van der Waals surface area contributed by atoms with E-state index in [0.717, 1.165) is 41.7 Å². The molecule has 6 heteroatoms. The summed E-state index contributed by atoms with van der Waals surface area (Å²) in [5, 5.41) is 12.2. The fourth-order valence-electron chi connectivity index (χ4n) is 3.70. The van der Waals surface area contributed by atoms with Crippen LogP contribution < -0.4 is 10.1 Å². The van der Waals surface area contributed by atoms with Crippen LogP contribution in [-0.2, 0) is 20.7 Å². The molecule has 1 aliphatic carbocycles. The van der Waals surface area contributed by atoms with Gasteiger partial charge in [0.15, 0.2) is 0 Å².